The maximum Gasteiger partial charge on any atom is 0.345 e. The Hall–Kier alpha value is -4.35. The van der Waals surface area contributed by atoms with Gasteiger partial charge in [-0.05, 0) is 62.1 Å². The number of hydrogen-bond donors (Lipinski definition) is 3. The highest BCUT2D eigenvalue weighted by atomic mass is 32.2. The molecule has 238 valence electrons. The van der Waals surface area contributed by atoms with Crippen LogP contribution in [0.3, 0.4) is 0 Å². The average Bonchev–Trinajstić information content (AvgIpc) is 2.98. The lowest BCUT2D eigenvalue weighted by Gasteiger charge is -2.15. The fourth-order valence-corrected chi connectivity index (χ4v) is 6.03. The molecule has 0 saturated carbocycles. The molecular weight excluding hydrogens is 594 g/mol. The summed E-state index contributed by atoms with van der Waals surface area (Å²) in [6.45, 7) is 6.61. The van der Waals surface area contributed by atoms with E-state index >= 15 is 0 Å². The molecule has 0 bridgehead atoms. The number of aryl methyl sites for hydroxylation is 3. The van der Waals surface area contributed by atoms with E-state index in [9.17, 15) is 27.4 Å². The van der Waals surface area contributed by atoms with Gasteiger partial charge in [0.2, 0.25) is 16.9 Å². The molecule has 0 aliphatic heterocycles. The van der Waals surface area contributed by atoms with Gasteiger partial charge >= 0.3 is 5.97 Å². The van der Waals surface area contributed by atoms with Crippen molar-refractivity contribution in [3.63, 3.8) is 0 Å². The molecular formula is C34H40N3O7S+. The standard InChI is InChI=1S/C34H39N3O7S/c1-23-21-26(33(39)36-18-11-5-4-10-17-35-25(3)38)22-24(2)32(23)44-34(40)31-27-13-6-8-15-29(27)37(19-12-20-45(41,42)43)30-16-9-7-14-28(30)31/h6-9,13-16,21-22H,4-5,10-12,17-20H2,1-3H3,(H2-,35,36,38,39,41,42,43)/p+1. The summed E-state index contributed by atoms with van der Waals surface area (Å²) in [6.07, 6.45) is 3.84. The van der Waals surface area contributed by atoms with Gasteiger partial charge in [-0.1, -0.05) is 37.1 Å². The normalized spacial score (nSPS) is 11.5. The number of unbranched alkanes of at least 4 members (excludes halogenated alkanes) is 3. The third-order valence-electron chi connectivity index (χ3n) is 7.60. The minimum absolute atomic E-state index is 0.0303. The van der Waals surface area contributed by atoms with Gasteiger partial charge in [0.05, 0.1) is 22.1 Å². The first-order valence-corrected chi connectivity index (χ1v) is 16.7. The van der Waals surface area contributed by atoms with E-state index in [0.717, 1.165) is 36.7 Å². The molecule has 1 heterocycles. The van der Waals surface area contributed by atoms with E-state index < -0.39 is 16.1 Å². The van der Waals surface area contributed by atoms with Crippen LogP contribution >= 0.6 is 0 Å². The molecule has 4 rings (SSSR count). The van der Waals surface area contributed by atoms with Gasteiger partial charge in [0.1, 0.15) is 5.75 Å². The smallest absolute Gasteiger partial charge is 0.345 e. The lowest BCUT2D eigenvalue weighted by Crippen LogP contribution is -2.37. The number of ether oxygens (including phenoxy) is 1. The van der Waals surface area contributed by atoms with Crippen molar-refractivity contribution >= 4 is 49.7 Å². The van der Waals surface area contributed by atoms with Crippen LogP contribution in [0, 0.1) is 13.8 Å². The van der Waals surface area contributed by atoms with E-state index in [4.69, 9.17) is 4.74 Å². The van der Waals surface area contributed by atoms with Crippen molar-refractivity contribution < 1.29 is 36.7 Å². The molecule has 10 nitrogen and oxygen atoms in total. The minimum atomic E-state index is -4.11. The Labute approximate surface area is 263 Å². The van der Waals surface area contributed by atoms with Gasteiger partial charge in [-0.15, -0.1) is 0 Å². The minimum Gasteiger partial charge on any atom is -0.422 e. The van der Waals surface area contributed by atoms with Gasteiger partial charge in [0, 0.05) is 44.1 Å². The Morgan fingerprint density at radius 2 is 1.33 bits per heavy atom. The van der Waals surface area contributed by atoms with Gasteiger partial charge in [-0.2, -0.15) is 13.0 Å². The SMILES string of the molecule is CC(=O)NCCCCCCNC(=O)c1cc(C)c(OC(=O)c2c3ccccc3[n+](CCCS(=O)(=O)O)c3ccccc23)c(C)c1. The summed E-state index contributed by atoms with van der Waals surface area (Å²) >= 11 is 0. The molecule has 0 atom stereocenters. The van der Waals surface area contributed by atoms with E-state index in [1.807, 2.05) is 53.1 Å². The number of amides is 2. The first-order valence-electron chi connectivity index (χ1n) is 15.1. The predicted octanol–water partition coefficient (Wildman–Crippen LogP) is 4.82. The number of nitrogens with zero attached hydrogens (tertiary/aromatic N) is 1. The number of esters is 1. The van der Waals surface area contributed by atoms with E-state index in [0.29, 0.717) is 58.4 Å². The molecule has 0 fully saturated rings. The summed E-state index contributed by atoms with van der Waals surface area (Å²) in [7, 11) is -4.11. The van der Waals surface area contributed by atoms with Gasteiger partial charge in [-0.3, -0.25) is 14.1 Å². The molecule has 4 aromatic rings. The number of hydrogen-bond acceptors (Lipinski definition) is 6. The Morgan fingerprint density at radius 1 is 0.800 bits per heavy atom. The van der Waals surface area contributed by atoms with Gasteiger partial charge in [0.25, 0.3) is 16.0 Å². The van der Waals surface area contributed by atoms with Crippen molar-refractivity contribution in [3.05, 3.63) is 82.9 Å². The van der Waals surface area contributed by atoms with Gasteiger partial charge in [0.15, 0.2) is 6.54 Å². The summed E-state index contributed by atoms with van der Waals surface area (Å²) in [6, 6.07) is 18.1. The van der Waals surface area contributed by atoms with E-state index in [2.05, 4.69) is 10.6 Å². The molecule has 0 spiro atoms. The number of pyridine rings is 1. The lowest BCUT2D eigenvalue weighted by molar-refractivity contribution is -0.645. The van der Waals surface area contributed by atoms with Crippen LogP contribution in [-0.4, -0.2) is 49.6 Å². The Balaban J connectivity index is 1.52. The van der Waals surface area contributed by atoms with E-state index in [1.54, 1.807) is 26.0 Å². The van der Waals surface area contributed by atoms with Gasteiger partial charge in [-0.25, -0.2) is 4.79 Å². The second kappa shape index (κ2) is 15.1. The molecule has 0 unspecified atom stereocenters. The highest BCUT2D eigenvalue weighted by molar-refractivity contribution is 7.85. The van der Waals surface area contributed by atoms with Crippen LogP contribution in [0.5, 0.6) is 5.75 Å². The Bertz CT molecular complexity index is 1760. The molecule has 2 amide bonds. The summed E-state index contributed by atoms with van der Waals surface area (Å²) in [5.41, 5.74) is 3.62. The molecule has 3 N–H and O–H groups in total. The number of benzene rings is 3. The number of aromatic nitrogens is 1. The van der Waals surface area contributed by atoms with Crippen LogP contribution in [0.1, 0.15) is 70.9 Å². The topological polar surface area (TPSA) is 143 Å². The molecule has 0 saturated heterocycles. The molecule has 45 heavy (non-hydrogen) atoms. The Kier molecular flexibility index (Phi) is 11.2. The Morgan fingerprint density at radius 3 is 1.87 bits per heavy atom. The zero-order chi connectivity index (χ0) is 32.6. The van der Waals surface area contributed by atoms with Crippen LogP contribution < -0.4 is 19.9 Å². The third-order valence-corrected chi connectivity index (χ3v) is 8.40. The third kappa shape index (κ3) is 8.86. The van der Waals surface area contributed by atoms with Crippen molar-refractivity contribution in [1.29, 1.82) is 0 Å². The van der Waals surface area contributed by atoms with Crippen LogP contribution in [0.15, 0.2) is 60.7 Å². The molecule has 11 heteroatoms. The molecule has 0 aliphatic carbocycles. The monoisotopic (exact) mass is 634 g/mol. The molecule has 0 aliphatic rings. The maximum absolute atomic E-state index is 13.9. The second-order valence-corrected chi connectivity index (χ2v) is 12.8. The summed E-state index contributed by atoms with van der Waals surface area (Å²) < 4.78 is 39.9. The number of fused-ring (bicyclic) bond motifs is 2. The van der Waals surface area contributed by atoms with Crippen molar-refractivity contribution in [2.24, 2.45) is 0 Å². The first-order chi connectivity index (χ1) is 21.5. The van der Waals surface area contributed by atoms with Gasteiger partial charge < -0.3 is 15.4 Å². The van der Waals surface area contributed by atoms with Crippen LogP contribution in [0.4, 0.5) is 0 Å². The number of rotatable bonds is 14. The number of carbonyl (C=O) groups excluding carboxylic acids is 3. The molecule has 3 aromatic carbocycles. The van der Waals surface area contributed by atoms with E-state index in [1.165, 1.54) is 6.92 Å². The lowest BCUT2D eigenvalue weighted by atomic mass is 10.0. The largest absolute Gasteiger partial charge is 0.422 e. The molecule has 1 aromatic heterocycles. The van der Waals surface area contributed by atoms with Crippen LogP contribution in [-0.2, 0) is 21.5 Å². The van der Waals surface area contributed by atoms with E-state index in [-0.39, 0.29) is 24.0 Å². The van der Waals surface area contributed by atoms with Crippen LogP contribution in [0.25, 0.3) is 21.8 Å². The number of nitrogens with one attached hydrogen (secondary N) is 2. The van der Waals surface area contributed by atoms with Crippen molar-refractivity contribution in [1.82, 2.24) is 10.6 Å². The van der Waals surface area contributed by atoms with Crippen LogP contribution in [0.2, 0.25) is 0 Å². The zero-order valence-electron chi connectivity index (χ0n) is 25.9. The first kappa shape index (κ1) is 33.5. The highest BCUT2D eigenvalue weighted by Gasteiger charge is 2.26. The van der Waals surface area contributed by atoms with Crippen molar-refractivity contribution in [3.8, 4) is 5.75 Å². The summed E-state index contributed by atoms with van der Waals surface area (Å²) in [4.78, 5) is 37.7. The van der Waals surface area contributed by atoms with Crippen molar-refractivity contribution in [2.45, 2.75) is 59.4 Å². The van der Waals surface area contributed by atoms with Crippen molar-refractivity contribution in [2.75, 3.05) is 18.8 Å². The fraction of sp³-hybridized carbons (Fsp3) is 0.353. The maximum atomic E-state index is 13.9. The summed E-state index contributed by atoms with van der Waals surface area (Å²) in [5, 5.41) is 7.02. The molecule has 0 radical (unpaired) electrons. The predicted molar refractivity (Wildman–Crippen MR) is 173 cm³/mol. The summed E-state index contributed by atoms with van der Waals surface area (Å²) in [5.74, 6) is -0.767. The highest BCUT2D eigenvalue weighted by Crippen LogP contribution is 2.30. The fourth-order valence-electron chi connectivity index (χ4n) is 5.54. The number of para-hydroxylation sites is 2. The zero-order valence-corrected chi connectivity index (χ0v) is 26.7. The average molecular weight is 635 g/mol. The number of carbonyl (C=O) groups is 3. The quantitative estimate of drug-likeness (QED) is 0.0451. The second-order valence-electron chi connectivity index (χ2n) is 11.2.